The van der Waals surface area contributed by atoms with Crippen molar-refractivity contribution in [2.24, 2.45) is 0 Å². The number of carboxylic acid groups (broad SMARTS) is 1. The molecule has 0 aliphatic rings. The summed E-state index contributed by atoms with van der Waals surface area (Å²) in [5.41, 5.74) is 3.53. The summed E-state index contributed by atoms with van der Waals surface area (Å²) in [6, 6.07) is 18.9. The molecule has 0 aliphatic carbocycles. The molecule has 2 aromatic carbocycles. The summed E-state index contributed by atoms with van der Waals surface area (Å²) in [7, 11) is 0. The van der Waals surface area contributed by atoms with Gasteiger partial charge in [-0.1, -0.05) is 74.0 Å². The van der Waals surface area contributed by atoms with Gasteiger partial charge in [0.25, 0.3) is 0 Å². The van der Waals surface area contributed by atoms with Crippen molar-refractivity contribution >= 4 is 5.97 Å². The summed E-state index contributed by atoms with van der Waals surface area (Å²) >= 11 is 0. The van der Waals surface area contributed by atoms with Crippen LogP contribution < -0.4 is 0 Å². The second-order valence-electron chi connectivity index (χ2n) is 5.58. The third-order valence-electron chi connectivity index (χ3n) is 3.99. The molecule has 0 amide bonds. The van der Waals surface area contributed by atoms with Crippen LogP contribution >= 0.6 is 0 Å². The van der Waals surface area contributed by atoms with E-state index in [4.69, 9.17) is 0 Å². The van der Waals surface area contributed by atoms with Gasteiger partial charge in [0.2, 0.25) is 0 Å². The van der Waals surface area contributed by atoms with Crippen LogP contribution in [-0.4, -0.2) is 20.6 Å². The molecule has 1 unspecified atom stereocenters. The minimum absolute atomic E-state index is 0.458. The fourth-order valence-electron chi connectivity index (χ4n) is 2.86. The van der Waals surface area contributed by atoms with Gasteiger partial charge in [0.15, 0.2) is 0 Å². The van der Waals surface area contributed by atoms with Crippen LogP contribution in [0.1, 0.15) is 18.9 Å². The van der Waals surface area contributed by atoms with Gasteiger partial charge in [-0.15, -0.1) is 0 Å². The Morgan fingerprint density at radius 2 is 1.62 bits per heavy atom. The van der Waals surface area contributed by atoms with Gasteiger partial charge in [-0.2, -0.15) is 0 Å². The van der Waals surface area contributed by atoms with Crippen LogP contribution in [0.5, 0.6) is 0 Å². The number of hydrogen-bond acceptors (Lipinski definition) is 2. The molecular formula is C20H19N2O2. The Bertz CT molecular complexity index is 810. The first-order valence-corrected chi connectivity index (χ1v) is 7.92. The average molecular weight is 319 g/mol. The first-order valence-electron chi connectivity index (χ1n) is 7.92. The third-order valence-corrected chi connectivity index (χ3v) is 3.99. The maximum Gasteiger partial charge on any atom is 0.326 e. The number of nitrogens with zero attached hydrogens (tertiary/aromatic N) is 2. The molecule has 1 aromatic heterocycles. The standard InChI is InChI=1S/C20H19N2O2/c1-2-9-17(20(23)24)22-14-21-18(15-10-5-3-6-11-15)19(22)16-12-7-4-8-13-16/h3-8,10-14,17H,1-2,9H2,(H,23,24). The Morgan fingerprint density at radius 1 is 1.04 bits per heavy atom. The number of rotatable bonds is 6. The van der Waals surface area contributed by atoms with Crippen LogP contribution in [0.3, 0.4) is 0 Å². The molecule has 0 spiro atoms. The monoisotopic (exact) mass is 319 g/mol. The smallest absolute Gasteiger partial charge is 0.326 e. The second-order valence-corrected chi connectivity index (χ2v) is 5.58. The lowest BCUT2D eigenvalue weighted by Gasteiger charge is -2.17. The van der Waals surface area contributed by atoms with Crippen molar-refractivity contribution in [3.63, 3.8) is 0 Å². The van der Waals surface area contributed by atoms with Crippen molar-refractivity contribution in [3.8, 4) is 22.5 Å². The zero-order valence-electron chi connectivity index (χ0n) is 13.3. The van der Waals surface area contributed by atoms with Crippen molar-refractivity contribution in [2.75, 3.05) is 0 Å². The van der Waals surface area contributed by atoms with Gasteiger partial charge < -0.3 is 9.67 Å². The molecule has 121 valence electrons. The molecule has 1 radical (unpaired) electrons. The molecule has 4 nitrogen and oxygen atoms in total. The van der Waals surface area contributed by atoms with Gasteiger partial charge >= 0.3 is 5.97 Å². The highest BCUT2D eigenvalue weighted by Crippen LogP contribution is 2.34. The van der Waals surface area contributed by atoms with E-state index in [1.807, 2.05) is 60.7 Å². The molecule has 0 saturated carbocycles. The fourth-order valence-corrected chi connectivity index (χ4v) is 2.86. The summed E-state index contributed by atoms with van der Waals surface area (Å²) in [4.78, 5) is 16.3. The van der Waals surface area contributed by atoms with E-state index in [1.54, 1.807) is 10.9 Å². The van der Waals surface area contributed by atoms with Crippen molar-refractivity contribution in [2.45, 2.75) is 18.9 Å². The van der Waals surface area contributed by atoms with Crippen molar-refractivity contribution in [3.05, 3.63) is 73.9 Å². The normalized spacial score (nSPS) is 12.0. The zero-order valence-corrected chi connectivity index (χ0v) is 13.3. The van der Waals surface area contributed by atoms with Gasteiger partial charge in [-0.3, -0.25) is 0 Å². The predicted molar refractivity (Wildman–Crippen MR) is 94.4 cm³/mol. The van der Waals surface area contributed by atoms with Crippen LogP contribution in [-0.2, 0) is 4.79 Å². The molecule has 1 heterocycles. The Hall–Kier alpha value is -2.88. The van der Waals surface area contributed by atoms with E-state index in [0.29, 0.717) is 12.8 Å². The second kappa shape index (κ2) is 7.13. The highest BCUT2D eigenvalue weighted by atomic mass is 16.4. The number of aliphatic carboxylic acids is 1. The lowest BCUT2D eigenvalue weighted by atomic mass is 10.0. The summed E-state index contributed by atoms with van der Waals surface area (Å²) in [6.45, 7) is 3.80. The minimum atomic E-state index is -0.868. The van der Waals surface area contributed by atoms with Crippen LogP contribution in [0, 0.1) is 6.92 Å². The first-order chi connectivity index (χ1) is 11.7. The van der Waals surface area contributed by atoms with E-state index in [2.05, 4.69) is 11.9 Å². The SMILES string of the molecule is [CH2]CCC(C(=O)O)n1cnc(-c2ccccc2)c1-c1ccccc1. The summed E-state index contributed by atoms with van der Waals surface area (Å²) in [5, 5.41) is 9.63. The summed E-state index contributed by atoms with van der Waals surface area (Å²) < 4.78 is 1.76. The van der Waals surface area contributed by atoms with Gasteiger partial charge in [0.05, 0.1) is 17.7 Å². The van der Waals surface area contributed by atoms with Gasteiger partial charge in [0.1, 0.15) is 6.04 Å². The summed E-state index contributed by atoms with van der Waals surface area (Å²) in [6.07, 6.45) is 2.63. The van der Waals surface area contributed by atoms with Gasteiger partial charge in [-0.05, 0) is 6.42 Å². The first kappa shape index (κ1) is 16.0. The van der Waals surface area contributed by atoms with Crippen LogP contribution in [0.15, 0.2) is 67.0 Å². The zero-order chi connectivity index (χ0) is 16.9. The van der Waals surface area contributed by atoms with Crippen molar-refractivity contribution in [1.82, 2.24) is 9.55 Å². The third kappa shape index (κ3) is 3.08. The number of imidazole rings is 1. The molecule has 0 saturated heterocycles. The van der Waals surface area contributed by atoms with E-state index in [1.165, 1.54) is 0 Å². The molecule has 3 aromatic rings. The average Bonchev–Trinajstić information content (AvgIpc) is 3.05. The molecule has 0 aliphatic heterocycles. The molecule has 1 atom stereocenters. The van der Waals surface area contributed by atoms with Crippen LogP contribution in [0.4, 0.5) is 0 Å². The van der Waals surface area contributed by atoms with E-state index < -0.39 is 12.0 Å². The molecule has 0 fully saturated rings. The topological polar surface area (TPSA) is 55.1 Å². The molecule has 0 bridgehead atoms. The fraction of sp³-hybridized carbons (Fsp3) is 0.150. The lowest BCUT2D eigenvalue weighted by Crippen LogP contribution is -2.19. The largest absolute Gasteiger partial charge is 0.480 e. The maximum atomic E-state index is 11.7. The Balaban J connectivity index is 2.20. The molecule has 1 N–H and O–H groups in total. The molecule has 3 rings (SSSR count). The number of carboxylic acids is 1. The maximum absolute atomic E-state index is 11.7. The van der Waals surface area contributed by atoms with E-state index in [9.17, 15) is 9.90 Å². The molecular weight excluding hydrogens is 300 g/mol. The lowest BCUT2D eigenvalue weighted by molar-refractivity contribution is -0.141. The highest BCUT2D eigenvalue weighted by molar-refractivity contribution is 5.81. The number of hydrogen-bond donors (Lipinski definition) is 1. The quantitative estimate of drug-likeness (QED) is 0.730. The van der Waals surface area contributed by atoms with E-state index >= 15 is 0 Å². The van der Waals surface area contributed by atoms with Gasteiger partial charge in [0, 0.05) is 11.1 Å². The van der Waals surface area contributed by atoms with E-state index in [-0.39, 0.29) is 0 Å². The Kier molecular flexibility index (Phi) is 4.75. The Morgan fingerprint density at radius 3 is 2.17 bits per heavy atom. The number of aromatic nitrogens is 2. The minimum Gasteiger partial charge on any atom is -0.480 e. The summed E-state index contributed by atoms with van der Waals surface area (Å²) in [5.74, 6) is -0.868. The van der Waals surface area contributed by atoms with Gasteiger partial charge in [-0.25, -0.2) is 9.78 Å². The Labute approximate surface area is 141 Å². The van der Waals surface area contributed by atoms with Crippen LogP contribution in [0.25, 0.3) is 22.5 Å². The predicted octanol–water partition coefficient (Wildman–Crippen LogP) is 4.46. The van der Waals surface area contributed by atoms with Crippen molar-refractivity contribution < 1.29 is 9.90 Å². The number of benzene rings is 2. The molecule has 24 heavy (non-hydrogen) atoms. The van der Waals surface area contributed by atoms with Crippen molar-refractivity contribution in [1.29, 1.82) is 0 Å². The number of carbonyl (C=O) groups is 1. The molecule has 4 heteroatoms. The van der Waals surface area contributed by atoms with Crippen LogP contribution in [0.2, 0.25) is 0 Å². The highest BCUT2D eigenvalue weighted by Gasteiger charge is 2.24. The van der Waals surface area contributed by atoms with E-state index in [0.717, 1.165) is 22.5 Å².